The number of ether oxygens (including phenoxy) is 1. The molecule has 0 amide bonds. The van der Waals surface area contributed by atoms with Gasteiger partial charge < -0.3 is 4.74 Å². The molecule has 0 aliphatic rings. The Morgan fingerprint density at radius 2 is 1.52 bits per heavy atom. The van der Waals surface area contributed by atoms with E-state index in [4.69, 9.17) is 4.74 Å². The second-order valence-electron chi connectivity index (χ2n) is 8.00. The van der Waals surface area contributed by atoms with Gasteiger partial charge in [0.15, 0.2) is 0 Å². The van der Waals surface area contributed by atoms with Gasteiger partial charge in [0.25, 0.3) is 0 Å². The van der Waals surface area contributed by atoms with E-state index in [9.17, 15) is 4.39 Å². The van der Waals surface area contributed by atoms with Crippen molar-refractivity contribution in [2.24, 2.45) is 0 Å². The Bertz CT molecular complexity index is 653. The van der Waals surface area contributed by atoms with Crippen LogP contribution >= 0.6 is 0 Å². The molecule has 1 unspecified atom stereocenters. The van der Waals surface area contributed by atoms with Crippen LogP contribution in [0.1, 0.15) is 83.6 Å². The summed E-state index contributed by atoms with van der Waals surface area (Å²) in [6.45, 7) is 4.54. The lowest BCUT2D eigenvalue weighted by molar-refractivity contribution is 0.183. The minimum atomic E-state index is -0.902. The quantitative estimate of drug-likeness (QED) is 0.283. The van der Waals surface area contributed by atoms with Crippen LogP contribution in [0.3, 0.4) is 0 Å². The molecule has 0 radical (unpaired) electrons. The zero-order valence-corrected chi connectivity index (χ0v) is 18.3. The van der Waals surface area contributed by atoms with E-state index in [1.165, 1.54) is 50.5 Å². The predicted octanol–water partition coefficient (Wildman–Crippen LogP) is 7.95. The standard InChI is InChI=1S/C26H38FNO/c1-3-5-7-9-11-13-24(27)21-29-25-18-19-26(28-20-25)23-16-14-22(15-17-23)12-10-8-6-4-2/h14-20,24H,3-13,21H2,1-2H3. The molecule has 29 heavy (non-hydrogen) atoms. The average molecular weight is 400 g/mol. The summed E-state index contributed by atoms with van der Waals surface area (Å²) >= 11 is 0. The van der Waals surface area contributed by atoms with Crippen molar-refractivity contribution in [3.63, 3.8) is 0 Å². The van der Waals surface area contributed by atoms with Crippen LogP contribution in [-0.2, 0) is 6.42 Å². The average Bonchev–Trinajstić information content (AvgIpc) is 2.76. The highest BCUT2D eigenvalue weighted by atomic mass is 19.1. The number of nitrogens with zero attached hydrogens (tertiary/aromatic N) is 1. The van der Waals surface area contributed by atoms with E-state index in [1.807, 2.05) is 12.1 Å². The van der Waals surface area contributed by atoms with Crippen LogP contribution in [0.25, 0.3) is 11.3 Å². The topological polar surface area (TPSA) is 22.1 Å². The van der Waals surface area contributed by atoms with E-state index in [0.717, 1.165) is 30.5 Å². The molecule has 2 aromatic rings. The molecule has 1 atom stereocenters. The van der Waals surface area contributed by atoms with Gasteiger partial charge >= 0.3 is 0 Å². The lowest BCUT2D eigenvalue weighted by Gasteiger charge is -2.11. The number of unbranched alkanes of at least 4 members (excludes halogenated alkanes) is 7. The van der Waals surface area contributed by atoms with Crippen molar-refractivity contribution < 1.29 is 9.13 Å². The largest absolute Gasteiger partial charge is 0.489 e. The number of alkyl halides is 1. The Hall–Kier alpha value is -1.90. The molecule has 3 heteroatoms. The molecule has 2 nitrogen and oxygen atoms in total. The predicted molar refractivity (Wildman–Crippen MR) is 121 cm³/mol. The van der Waals surface area contributed by atoms with Gasteiger partial charge in [0.2, 0.25) is 0 Å². The van der Waals surface area contributed by atoms with E-state index in [0.29, 0.717) is 12.2 Å². The molecule has 2 rings (SSSR count). The highest BCUT2D eigenvalue weighted by Crippen LogP contribution is 2.21. The zero-order chi connectivity index (χ0) is 20.7. The Labute approximate surface area is 176 Å². The van der Waals surface area contributed by atoms with Crippen LogP contribution in [-0.4, -0.2) is 17.8 Å². The van der Waals surface area contributed by atoms with Crippen LogP contribution in [0.2, 0.25) is 0 Å². The second-order valence-corrected chi connectivity index (χ2v) is 8.00. The first-order valence-corrected chi connectivity index (χ1v) is 11.5. The molecule has 0 N–H and O–H groups in total. The van der Waals surface area contributed by atoms with Gasteiger partial charge in [0, 0.05) is 5.56 Å². The smallest absolute Gasteiger partial charge is 0.137 e. The van der Waals surface area contributed by atoms with Gasteiger partial charge in [0.1, 0.15) is 18.5 Å². The van der Waals surface area contributed by atoms with Crippen LogP contribution in [0.4, 0.5) is 4.39 Å². The lowest BCUT2D eigenvalue weighted by atomic mass is 10.0. The van der Waals surface area contributed by atoms with E-state index >= 15 is 0 Å². The fourth-order valence-electron chi connectivity index (χ4n) is 3.47. The van der Waals surface area contributed by atoms with Crippen molar-refractivity contribution in [1.82, 2.24) is 4.98 Å². The number of halogens is 1. The molecule has 0 saturated carbocycles. The van der Waals surface area contributed by atoms with Gasteiger partial charge in [-0.2, -0.15) is 0 Å². The van der Waals surface area contributed by atoms with Gasteiger partial charge in [-0.15, -0.1) is 0 Å². The lowest BCUT2D eigenvalue weighted by Crippen LogP contribution is -2.12. The SMILES string of the molecule is CCCCCCCC(F)COc1ccc(-c2ccc(CCCCCC)cc2)nc1. The van der Waals surface area contributed by atoms with Crippen molar-refractivity contribution >= 4 is 0 Å². The van der Waals surface area contributed by atoms with Gasteiger partial charge in [-0.1, -0.05) is 89.5 Å². The summed E-state index contributed by atoms with van der Waals surface area (Å²) in [7, 11) is 0. The van der Waals surface area contributed by atoms with Crippen molar-refractivity contribution in [2.45, 2.75) is 90.6 Å². The summed E-state index contributed by atoms with van der Waals surface area (Å²) in [4.78, 5) is 4.49. The van der Waals surface area contributed by atoms with Gasteiger partial charge in [-0.3, -0.25) is 4.98 Å². The normalized spacial score (nSPS) is 12.1. The maximum absolute atomic E-state index is 14.0. The summed E-state index contributed by atoms with van der Waals surface area (Å²) in [6, 6.07) is 12.5. The summed E-state index contributed by atoms with van der Waals surface area (Å²) < 4.78 is 19.5. The van der Waals surface area contributed by atoms with E-state index < -0.39 is 6.17 Å². The van der Waals surface area contributed by atoms with E-state index in [1.54, 1.807) is 6.20 Å². The number of aryl methyl sites for hydroxylation is 1. The Morgan fingerprint density at radius 3 is 2.17 bits per heavy atom. The maximum atomic E-state index is 14.0. The first-order chi connectivity index (χ1) is 14.2. The highest BCUT2D eigenvalue weighted by molar-refractivity contribution is 5.59. The number of hydrogen-bond acceptors (Lipinski definition) is 2. The van der Waals surface area contributed by atoms with Gasteiger partial charge in [-0.05, 0) is 37.0 Å². The van der Waals surface area contributed by atoms with Crippen molar-refractivity contribution in [3.8, 4) is 17.0 Å². The summed E-state index contributed by atoms with van der Waals surface area (Å²) in [5.74, 6) is 0.634. The van der Waals surface area contributed by atoms with Crippen molar-refractivity contribution in [3.05, 3.63) is 48.2 Å². The molecule has 1 aromatic carbocycles. The Balaban J connectivity index is 1.73. The number of aromatic nitrogens is 1. The number of benzene rings is 1. The van der Waals surface area contributed by atoms with Gasteiger partial charge in [0.05, 0.1) is 11.9 Å². The first kappa shape index (κ1) is 23.4. The highest BCUT2D eigenvalue weighted by Gasteiger charge is 2.08. The van der Waals surface area contributed by atoms with E-state index in [-0.39, 0.29) is 6.61 Å². The molecule has 0 bridgehead atoms. The maximum Gasteiger partial charge on any atom is 0.137 e. The molecule has 0 spiro atoms. The Kier molecular flexibility index (Phi) is 11.4. The fourth-order valence-corrected chi connectivity index (χ4v) is 3.47. The fraction of sp³-hybridized carbons (Fsp3) is 0.577. The number of rotatable bonds is 15. The van der Waals surface area contributed by atoms with Crippen LogP contribution in [0.15, 0.2) is 42.6 Å². The molecule has 0 aliphatic carbocycles. The molecule has 0 fully saturated rings. The second kappa shape index (κ2) is 14.1. The zero-order valence-electron chi connectivity index (χ0n) is 18.3. The summed E-state index contributed by atoms with van der Waals surface area (Å²) in [5, 5.41) is 0. The molecule has 0 saturated heterocycles. The molecule has 0 aliphatic heterocycles. The monoisotopic (exact) mass is 399 g/mol. The molecular weight excluding hydrogens is 361 g/mol. The molecule has 160 valence electrons. The summed E-state index contributed by atoms with van der Waals surface area (Å²) in [6.07, 6.45) is 13.4. The number of hydrogen-bond donors (Lipinski definition) is 0. The minimum absolute atomic E-state index is 0.113. The van der Waals surface area contributed by atoms with Crippen molar-refractivity contribution in [2.75, 3.05) is 6.61 Å². The number of pyridine rings is 1. The molecular formula is C26H38FNO. The van der Waals surface area contributed by atoms with Crippen LogP contribution in [0, 0.1) is 0 Å². The molecule has 1 heterocycles. The van der Waals surface area contributed by atoms with Gasteiger partial charge in [-0.25, -0.2) is 4.39 Å². The third kappa shape index (κ3) is 9.43. The Morgan fingerprint density at radius 1 is 0.828 bits per heavy atom. The third-order valence-corrected chi connectivity index (χ3v) is 5.36. The van der Waals surface area contributed by atoms with Crippen LogP contribution in [0.5, 0.6) is 5.75 Å². The minimum Gasteiger partial charge on any atom is -0.489 e. The molecule has 1 aromatic heterocycles. The van der Waals surface area contributed by atoms with Crippen molar-refractivity contribution in [1.29, 1.82) is 0 Å². The first-order valence-electron chi connectivity index (χ1n) is 11.5. The van der Waals surface area contributed by atoms with E-state index in [2.05, 4.69) is 43.1 Å². The van der Waals surface area contributed by atoms with Crippen LogP contribution < -0.4 is 4.74 Å². The summed E-state index contributed by atoms with van der Waals surface area (Å²) in [5.41, 5.74) is 3.40. The third-order valence-electron chi connectivity index (χ3n) is 5.36.